The monoisotopic (exact) mass is 270 g/mol. The minimum atomic E-state index is 0.784. The summed E-state index contributed by atoms with van der Waals surface area (Å²) in [6.07, 6.45) is 2.47. The summed E-state index contributed by atoms with van der Waals surface area (Å²) in [7, 11) is 1.74. The molecule has 1 aliphatic heterocycles. The van der Waals surface area contributed by atoms with E-state index >= 15 is 0 Å². The molecule has 1 aliphatic rings. The van der Waals surface area contributed by atoms with E-state index in [9.17, 15) is 0 Å². The molecule has 0 bridgehead atoms. The largest absolute Gasteiger partial charge is 0.383 e. The Bertz CT molecular complexity index is 350. The van der Waals surface area contributed by atoms with E-state index in [1.54, 1.807) is 18.4 Å². The van der Waals surface area contributed by atoms with Gasteiger partial charge in [-0.1, -0.05) is 11.3 Å². The van der Waals surface area contributed by atoms with E-state index in [1.807, 2.05) is 6.92 Å². The third-order valence-corrected chi connectivity index (χ3v) is 4.22. The van der Waals surface area contributed by atoms with Crippen LogP contribution in [0.3, 0.4) is 0 Å². The summed E-state index contributed by atoms with van der Waals surface area (Å²) in [5, 5.41) is 13.9. The number of piperidine rings is 1. The van der Waals surface area contributed by atoms with Crippen molar-refractivity contribution >= 4 is 16.5 Å². The highest BCUT2D eigenvalue weighted by molar-refractivity contribution is 7.15. The first kappa shape index (κ1) is 13.7. The Morgan fingerprint density at radius 2 is 2.17 bits per heavy atom. The van der Waals surface area contributed by atoms with E-state index in [0.717, 1.165) is 48.8 Å². The van der Waals surface area contributed by atoms with Gasteiger partial charge in [-0.15, -0.1) is 10.2 Å². The number of aromatic nitrogens is 2. The second-order valence-corrected chi connectivity index (χ2v) is 5.89. The van der Waals surface area contributed by atoms with Crippen LogP contribution >= 0.6 is 11.3 Å². The summed E-state index contributed by atoms with van der Waals surface area (Å²) in [5.74, 6) is 0.784. The van der Waals surface area contributed by atoms with Gasteiger partial charge in [-0.3, -0.25) is 0 Å². The van der Waals surface area contributed by atoms with E-state index in [1.165, 1.54) is 12.8 Å². The number of ether oxygens (including phenoxy) is 1. The molecule has 6 heteroatoms. The molecule has 102 valence electrons. The van der Waals surface area contributed by atoms with Crippen molar-refractivity contribution in [1.29, 1.82) is 0 Å². The van der Waals surface area contributed by atoms with Crippen molar-refractivity contribution in [2.45, 2.75) is 19.8 Å². The lowest BCUT2D eigenvalue weighted by Crippen LogP contribution is -2.37. The Morgan fingerprint density at radius 1 is 1.39 bits per heavy atom. The third kappa shape index (κ3) is 3.90. The van der Waals surface area contributed by atoms with Crippen molar-refractivity contribution in [2.24, 2.45) is 5.92 Å². The van der Waals surface area contributed by atoms with Gasteiger partial charge < -0.3 is 15.0 Å². The molecule has 2 heterocycles. The predicted molar refractivity (Wildman–Crippen MR) is 74.3 cm³/mol. The third-order valence-electron chi connectivity index (χ3n) is 3.32. The Hall–Kier alpha value is -0.720. The molecule has 1 fully saturated rings. The van der Waals surface area contributed by atoms with Crippen LogP contribution < -0.4 is 10.2 Å². The van der Waals surface area contributed by atoms with E-state index in [-0.39, 0.29) is 0 Å². The Morgan fingerprint density at radius 3 is 2.78 bits per heavy atom. The predicted octanol–water partition coefficient (Wildman–Crippen LogP) is 1.30. The summed E-state index contributed by atoms with van der Waals surface area (Å²) in [4.78, 5) is 2.36. The number of anilines is 1. The van der Waals surface area contributed by atoms with Crippen molar-refractivity contribution in [2.75, 3.05) is 44.8 Å². The van der Waals surface area contributed by atoms with Crippen molar-refractivity contribution in [3.8, 4) is 0 Å². The number of nitrogens with zero attached hydrogens (tertiary/aromatic N) is 3. The molecule has 2 rings (SSSR count). The van der Waals surface area contributed by atoms with Crippen LogP contribution in [0.5, 0.6) is 0 Å². The number of methoxy groups -OCH3 is 1. The van der Waals surface area contributed by atoms with E-state index in [2.05, 4.69) is 20.4 Å². The van der Waals surface area contributed by atoms with Crippen LogP contribution in [0.4, 0.5) is 5.13 Å². The van der Waals surface area contributed by atoms with Gasteiger partial charge >= 0.3 is 0 Å². The molecule has 0 aromatic carbocycles. The summed E-state index contributed by atoms with van der Waals surface area (Å²) >= 11 is 1.69. The van der Waals surface area contributed by atoms with E-state index in [0.29, 0.717) is 0 Å². The molecule has 0 amide bonds. The van der Waals surface area contributed by atoms with Gasteiger partial charge in [0.15, 0.2) is 0 Å². The van der Waals surface area contributed by atoms with Crippen molar-refractivity contribution in [3.05, 3.63) is 5.01 Å². The van der Waals surface area contributed by atoms with Crippen molar-refractivity contribution in [1.82, 2.24) is 15.5 Å². The number of hydrogen-bond acceptors (Lipinski definition) is 6. The van der Waals surface area contributed by atoms with Crippen LogP contribution in [-0.2, 0) is 4.74 Å². The summed E-state index contributed by atoms with van der Waals surface area (Å²) in [6, 6.07) is 0. The average molecular weight is 270 g/mol. The Labute approximate surface area is 113 Å². The smallest absolute Gasteiger partial charge is 0.208 e. The molecular weight excluding hydrogens is 248 g/mol. The molecular formula is C12H22N4OS. The molecule has 0 spiro atoms. The van der Waals surface area contributed by atoms with Crippen LogP contribution in [0, 0.1) is 12.8 Å². The van der Waals surface area contributed by atoms with Crippen LogP contribution in [0.2, 0.25) is 0 Å². The molecule has 0 saturated carbocycles. The Balaban J connectivity index is 1.68. The van der Waals surface area contributed by atoms with Crippen LogP contribution in [-0.4, -0.2) is 50.1 Å². The quantitative estimate of drug-likeness (QED) is 0.790. The number of rotatable bonds is 6. The molecule has 1 aromatic heterocycles. The lowest BCUT2D eigenvalue weighted by molar-refractivity contribution is 0.197. The maximum absolute atomic E-state index is 5.02. The van der Waals surface area contributed by atoms with Crippen molar-refractivity contribution in [3.63, 3.8) is 0 Å². The summed E-state index contributed by atoms with van der Waals surface area (Å²) in [5.41, 5.74) is 0. The van der Waals surface area contributed by atoms with Gasteiger partial charge in [0, 0.05) is 26.7 Å². The summed E-state index contributed by atoms with van der Waals surface area (Å²) in [6.45, 7) is 7.06. The fourth-order valence-electron chi connectivity index (χ4n) is 2.22. The first-order valence-corrected chi connectivity index (χ1v) is 7.36. The lowest BCUT2D eigenvalue weighted by atomic mass is 9.97. The zero-order valence-corrected chi connectivity index (χ0v) is 12.0. The molecule has 0 aliphatic carbocycles. The maximum atomic E-state index is 5.02. The van der Waals surface area contributed by atoms with E-state index in [4.69, 9.17) is 4.74 Å². The van der Waals surface area contributed by atoms with Gasteiger partial charge in [-0.2, -0.15) is 0 Å². The van der Waals surface area contributed by atoms with Crippen molar-refractivity contribution < 1.29 is 4.74 Å². The second kappa shape index (κ2) is 7.01. The molecule has 18 heavy (non-hydrogen) atoms. The standard InChI is InChI=1S/C12H22N4OS/c1-10-14-15-12(18-10)16-6-3-11(4-7-16)9-13-5-8-17-2/h11,13H,3-9H2,1-2H3. The fraction of sp³-hybridized carbons (Fsp3) is 0.833. The van der Waals surface area contributed by atoms with Gasteiger partial charge in [0.25, 0.3) is 0 Å². The normalized spacial score (nSPS) is 17.3. The minimum Gasteiger partial charge on any atom is -0.383 e. The molecule has 1 N–H and O–H groups in total. The van der Waals surface area contributed by atoms with Gasteiger partial charge in [-0.05, 0) is 32.2 Å². The van der Waals surface area contributed by atoms with Gasteiger partial charge in [0.1, 0.15) is 5.01 Å². The molecule has 1 aromatic rings. The SMILES string of the molecule is COCCNCC1CCN(c2nnc(C)s2)CC1. The number of aryl methyl sites for hydroxylation is 1. The molecule has 1 saturated heterocycles. The Kier molecular flexibility index (Phi) is 5.34. The molecule has 0 atom stereocenters. The fourth-order valence-corrected chi connectivity index (χ4v) is 2.96. The highest BCUT2D eigenvalue weighted by Gasteiger charge is 2.21. The van der Waals surface area contributed by atoms with Gasteiger partial charge in [-0.25, -0.2) is 0 Å². The molecule has 0 radical (unpaired) electrons. The van der Waals surface area contributed by atoms with Gasteiger partial charge in [0.2, 0.25) is 5.13 Å². The van der Waals surface area contributed by atoms with E-state index < -0.39 is 0 Å². The highest BCUT2D eigenvalue weighted by atomic mass is 32.1. The highest BCUT2D eigenvalue weighted by Crippen LogP contribution is 2.25. The molecule has 0 unspecified atom stereocenters. The first-order valence-electron chi connectivity index (χ1n) is 6.54. The van der Waals surface area contributed by atoms with Crippen LogP contribution in [0.1, 0.15) is 17.8 Å². The minimum absolute atomic E-state index is 0.784. The average Bonchev–Trinajstić information content (AvgIpc) is 2.82. The second-order valence-electron chi connectivity index (χ2n) is 4.73. The maximum Gasteiger partial charge on any atom is 0.208 e. The molecule has 5 nitrogen and oxygen atoms in total. The number of nitrogens with one attached hydrogen (secondary N) is 1. The topological polar surface area (TPSA) is 50.3 Å². The lowest BCUT2D eigenvalue weighted by Gasteiger charge is -2.31. The zero-order valence-electron chi connectivity index (χ0n) is 11.2. The van der Waals surface area contributed by atoms with Crippen LogP contribution in [0.25, 0.3) is 0 Å². The van der Waals surface area contributed by atoms with Crippen LogP contribution in [0.15, 0.2) is 0 Å². The van der Waals surface area contributed by atoms with Gasteiger partial charge in [0.05, 0.1) is 6.61 Å². The first-order chi connectivity index (χ1) is 8.79. The zero-order chi connectivity index (χ0) is 12.8. The summed E-state index contributed by atoms with van der Waals surface area (Å²) < 4.78 is 5.02. The number of hydrogen-bond donors (Lipinski definition) is 1.